The van der Waals surface area contributed by atoms with Gasteiger partial charge in [-0.2, -0.15) is 0 Å². The molecule has 1 aliphatic heterocycles. The molecule has 58 valence electrons. The second-order valence-corrected chi connectivity index (χ2v) is 2.69. The van der Waals surface area contributed by atoms with E-state index in [9.17, 15) is 4.79 Å². The minimum Gasteiger partial charge on any atom is -0.371 e. The van der Waals surface area contributed by atoms with E-state index in [0.717, 1.165) is 19.4 Å². The lowest BCUT2D eigenvalue weighted by Crippen LogP contribution is -2.36. The molecule has 3 nitrogen and oxygen atoms in total. The summed E-state index contributed by atoms with van der Waals surface area (Å²) in [6, 6.07) is 0.402. The van der Waals surface area contributed by atoms with E-state index in [2.05, 4.69) is 6.92 Å². The molecule has 3 heteroatoms. The van der Waals surface area contributed by atoms with Gasteiger partial charge in [0.15, 0.2) is 0 Å². The van der Waals surface area contributed by atoms with Crippen LogP contribution in [0.5, 0.6) is 0 Å². The predicted octanol–water partition coefficient (Wildman–Crippen LogP) is 0.949. The quantitative estimate of drug-likeness (QED) is 0.539. The molecular weight excluding hydrogens is 130 g/mol. The SMILES string of the molecule is CC1CCCCN1OC=O. The van der Waals surface area contributed by atoms with Crippen LogP contribution in [0.1, 0.15) is 26.2 Å². The number of carbonyl (C=O) groups is 1. The summed E-state index contributed by atoms with van der Waals surface area (Å²) >= 11 is 0. The number of carbonyl (C=O) groups excluding carboxylic acids is 1. The predicted molar refractivity (Wildman–Crippen MR) is 37.2 cm³/mol. The first-order valence-electron chi connectivity index (χ1n) is 3.71. The van der Waals surface area contributed by atoms with Crippen LogP contribution in [-0.4, -0.2) is 24.1 Å². The van der Waals surface area contributed by atoms with Crippen LogP contribution in [0.3, 0.4) is 0 Å². The maximum absolute atomic E-state index is 9.95. The average Bonchev–Trinajstić information content (AvgIpc) is 1.94. The monoisotopic (exact) mass is 143 g/mol. The third-order valence-electron chi connectivity index (χ3n) is 1.92. The summed E-state index contributed by atoms with van der Waals surface area (Å²) in [5, 5.41) is 1.75. The van der Waals surface area contributed by atoms with Gasteiger partial charge in [0.25, 0.3) is 0 Å². The first kappa shape index (κ1) is 7.54. The van der Waals surface area contributed by atoms with Gasteiger partial charge in [0.2, 0.25) is 0 Å². The van der Waals surface area contributed by atoms with Crippen molar-refractivity contribution in [1.82, 2.24) is 5.06 Å². The smallest absolute Gasteiger partial charge is 0.313 e. The number of rotatable bonds is 2. The maximum atomic E-state index is 9.95. The summed E-state index contributed by atoms with van der Waals surface area (Å²) in [5.41, 5.74) is 0. The second kappa shape index (κ2) is 3.56. The molecule has 1 unspecified atom stereocenters. The van der Waals surface area contributed by atoms with E-state index in [1.807, 2.05) is 0 Å². The van der Waals surface area contributed by atoms with Gasteiger partial charge in [0.05, 0.1) is 0 Å². The molecule has 0 aromatic rings. The Morgan fingerprint density at radius 3 is 3.00 bits per heavy atom. The number of hydroxylamine groups is 2. The lowest BCUT2D eigenvalue weighted by Gasteiger charge is -2.29. The van der Waals surface area contributed by atoms with Crippen LogP contribution < -0.4 is 0 Å². The number of hydrogen-bond donors (Lipinski definition) is 0. The summed E-state index contributed by atoms with van der Waals surface area (Å²) in [6.45, 7) is 3.46. The van der Waals surface area contributed by atoms with E-state index in [0.29, 0.717) is 12.5 Å². The standard InChI is InChI=1S/C7H13NO2/c1-7-4-2-3-5-8(7)10-6-9/h6-7H,2-5H2,1H3. The molecule has 0 bridgehead atoms. The Hall–Kier alpha value is -0.570. The molecule has 10 heavy (non-hydrogen) atoms. The van der Waals surface area contributed by atoms with E-state index >= 15 is 0 Å². The molecule has 0 N–H and O–H groups in total. The van der Waals surface area contributed by atoms with E-state index in [1.54, 1.807) is 5.06 Å². The van der Waals surface area contributed by atoms with Crippen molar-refractivity contribution in [3.8, 4) is 0 Å². The third-order valence-corrected chi connectivity index (χ3v) is 1.92. The Morgan fingerprint density at radius 1 is 1.60 bits per heavy atom. The molecule has 0 amide bonds. The molecule has 0 saturated carbocycles. The fourth-order valence-electron chi connectivity index (χ4n) is 1.28. The van der Waals surface area contributed by atoms with Crippen molar-refractivity contribution in [3.05, 3.63) is 0 Å². The van der Waals surface area contributed by atoms with Crippen LogP contribution in [0, 0.1) is 0 Å². The summed E-state index contributed by atoms with van der Waals surface area (Å²) in [5.74, 6) is 0. The Labute approximate surface area is 60.9 Å². The number of hydrogen-bond acceptors (Lipinski definition) is 3. The van der Waals surface area contributed by atoms with Crippen LogP contribution in [0.15, 0.2) is 0 Å². The summed E-state index contributed by atoms with van der Waals surface area (Å²) in [4.78, 5) is 14.7. The van der Waals surface area contributed by atoms with E-state index in [-0.39, 0.29) is 0 Å². The summed E-state index contributed by atoms with van der Waals surface area (Å²) in [7, 11) is 0. The first-order chi connectivity index (χ1) is 4.84. The highest BCUT2D eigenvalue weighted by Gasteiger charge is 2.18. The van der Waals surface area contributed by atoms with Crippen molar-refractivity contribution in [1.29, 1.82) is 0 Å². The Morgan fingerprint density at radius 2 is 2.40 bits per heavy atom. The molecule has 0 aromatic carbocycles. The van der Waals surface area contributed by atoms with E-state index in [4.69, 9.17) is 4.84 Å². The van der Waals surface area contributed by atoms with Crippen LogP contribution in [0.4, 0.5) is 0 Å². The zero-order chi connectivity index (χ0) is 7.40. The molecule has 1 heterocycles. The van der Waals surface area contributed by atoms with Gasteiger partial charge in [0, 0.05) is 12.6 Å². The Kier molecular flexibility index (Phi) is 2.68. The van der Waals surface area contributed by atoms with Crippen molar-refractivity contribution in [2.75, 3.05) is 6.54 Å². The number of nitrogens with zero attached hydrogens (tertiary/aromatic N) is 1. The largest absolute Gasteiger partial charge is 0.371 e. The first-order valence-corrected chi connectivity index (χ1v) is 3.71. The maximum Gasteiger partial charge on any atom is 0.313 e. The third kappa shape index (κ3) is 1.70. The zero-order valence-corrected chi connectivity index (χ0v) is 6.25. The molecule has 1 atom stereocenters. The molecule has 0 aromatic heterocycles. The normalized spacial score (nSPS) is 27.9. The Balaban J connectivity index is 2.32. The minimum atomic E-state index is 0.402. The van der Waals surface area contributed by atoms with Crippen molar-refractivity contribution in [2.45, 2.75) is 32.2 Å². The van der Waals surface area contributed by atoms with Crippen molar-refractivity contribution < 1.29 is 9.63 Å². The number of piperidine rings is 1. The van der Waals surface area contributed by atoms with Crippen LogP contribution >= 0.6 is 0 Å². The highest BCUT2D eigenvalue weighted by atomic mass is 16.7. The fourth-order valence-corrected chi connectivity index (χ4v) is 1.28. The molecule has 1 fully saturated rings. The fraction of sp³-hybridized carbons (Fsp3) is 0.857. The molecular formula is C7H13NO2. The molecule has 1 saturated heterocycles. The van der Waals surface area contributed by atoms with Gasteiger partial charge in [-0.15, -0.1) is 5.06 Å². The highest BCUT2D eigenvalue weighted by Crippen LogP contribution is 2.15. The van der Waals surface area contributed by atoms with E-state index < -0.39 is 0 Å². The summed E-state index contributed by atoms with van der Waals surface area (Å²) < 4.78 is 0. The molecule has 0 radical (unpaired) electrons. The van der Waals surface area contributed by atoms with Crippen LogP contribution in [-0.2, 0) is 9.63 Å². The van der Waals surface area contributed by atoms with Gasteiger partial charge in [0.1, 0.15) is 0 Å². The van der Waals surface area contributed by atoms with Crippen molar-refractivity contribution in [2.24, 2.45) is 0 Å². The van der Waals surface area contributed by atoms with Gasteiger partial charge >= 0.3 is 6.47 Å². The summed E-state index contributed by atoms with van der Waals surface area (Å²) in [6.07, 6.45) is 3.52. The lowest BCUT2D eigenvalue weighted by molar-refractivity contribution is -0.190. The topological polar surface area (TPSA) is 29.5 Å². The second-order valence-electron chi connectivity index (χ2n) is 2.69. The van der Waals surface area contributed by atoms with Crippen LogP contribution in [0.2, 0.25) is 0 Å². The average molecular weight is 143 g/mol. The molecule has 0 spiro atoms. The Bertz CT molecular complexity index is 116. The van der Waals surface area contributed by atoms with Crippen molar-refractivity contribution >= 4 is 6.47 Å². The van der Waals surface area contributed by atoms with Gasteiger partial charge in [-0.1, -0.05) is 6.42 Å². The molecule has 0 aliphatic carbocycles. The zero-order valence-electron chi connectivity index (χ0n) is 6.25. The van der Waals surface area contributed by atoms with Gasteiger partial charge in [-0.05, 0) is 19.8 Å². The molecule has 1 aliphatic rings. The van der Waals surface area contributed by atoms with Crippen molar-refractivity contribution in [3.63, 3.8) is 0 Å². The lowest BCUT2D eigenvalue weighted by atomic mass is 10.1. The van der Waals surface area contributed by atoms with Gasteiger partial charge in [-0.25, -0.2) is 0 Å². The van der Waals surface area contributed by atoms with Crippen LogP contribution in [0.25, 0.3) is 0 Å². The minimum absolute atomic E-state index is 0.402. The van der Waals surface area contributed by atoms with Gasteiger partial charge in [-0.3, -0.25) is 4.79 Å². The highest BCUT2D eigenvalue weighted by molar-refractivity contribution is 5.36. The van der Waals surface area contributed by atoms with Gasteiger partial charge < -0.3 is 4.84 Å². The van der Waals surface area contributed by atoms with E-state index in [1.165, 1.54) is 6.42 Å². The molecule has 1 rings (SSSR count).